The van der Waals surface area contributed by atoms with E-state index in [1.54, 1.807) is 6.20 Å². The molecule has 2 atom stereocenters. The van der Waals surface area contributed by atoms with Crippen LogP contribution < -0.4 is 10.2 Å². The van der Waals surface area contributed by atoms with Gasteiger partial charge in [0.15, 0.2) is 0 Å². The molecule has 2 heterocycles. The number of pyridine rings is 1. The maximum absolute atomic E-state index is 6.21. The number of hydrogen-bond donors (Lipinski definition) is 1. The second kappa shape index (κ2) is 6.58. The van der Waals surface area contributed by atoms with Gasteiger partial charge in [-0.2, -0.15) is 0 Å². The number of anilines is 1. The predicted molar refractivity (Wildman–Crippen MR) is 81.8 cm³/mol. The van der Waals surface area contributed by atoms with Gasteiger partial charge in [-0.05, 0) is 43.9 Å². The topological polar surface area (TPSA) is 28.2 Å². The summed E-state index contributed by atoms with van der Waals surface area (Å²) in [5.74, 6) is 1.79. The van der Waals surface area contributed by atoms with E-state index in [0.717, 1.165) is 42.0 Å². The Hall–Kier alpha value is -0.800. The van der Waals surface area contributed by atoms with Crippen LogP contribution in [0.25, 0.3) is 0 Å². The second-order valence-corrected chi connectivity index (χ2v) is 5.87. The first-order chi connectivity index (χ1) is 9.13. The quantitative estimate of drug-likeness (QED) is 0.916. The van der Waals surface area contributed by atoms with Crippen LogP contribution in [0.2, 0.25) is 5.02 Å². The molecule has 0 spiro atoms. The normalized spacial score (nSPS) is 23.7. The fraction of sp³-hybridized carbons (Fsp3) is 0.667. The van der Waals surface area contributed by atoms with E-state index in [1.165, 1.54) is 12.8 Å². The van der Waals surface area contributed by atoms with Crippen LogP contribution >= 0.6 is 11.6 Å². The van der Waals surface area contributed by atoms with Gasteiger partial charge in [-0.15, -0.1) is 0 Å². The molecule has 2 unspecified atom stereocenters. The fourth-order valence-corrected chi connectivity index (χ4v) is 2.85. The molecule has 1 aromatic rings. The Morgan fingerprint density at radius 1 is 1.47 bits per heavy atom. The van der Waals surface area contributed by atoms with Crippen LogP contribution in [0.1, 0.15) is 39.2 Å². The molecule has 1 fully saturated rings. The fourth-order valence-electron chi connectivity index (χ4n) is 2.68. The van der Waals surface area contributed by atoms with Crippen molar-refractivity contribution in [1.82, 2.24) is 10.3 Å². The summed E-state index contributed by atoms with van der Waals surface area (Å²) in [6, 6.07) is 2.69. The Bertz CT molecular complexity index is 422. The first-order valence-corrected chi connectivity index (χ1v) is 7.63. The van der Waals surface area contributed by atoms with Crippen LogP contribution in [0.5, 0.6) is 0 Å². The first-order valence-electron chi connectivity index (χ1n) is 7.25. The molecule has 1 aromatic heterocycles. The van der Waals surface area contributed by atoms with Gasteiger partial charge >= 0.3 is 0 Å². The summed E-state index contributed by atoms with van der Waals surface area (Å²) in [6.07, 6.45) is 4.35. The molecule has 0 aliphatic carbocycles. The van der Waals surface area contributed by atoms with Crippen molar-refractivity contribution < 1.29 is 0 Å². The van der Waals surface area contributed by atoms with Gasteiger partial charge in [0, 0.05) is 25.3 Å². The number of piperidine rings is 1. The number of rotatable bonds is 4. The first kappa shape index (κ1) is 14.6. The molecule has 4 heteroatoms. The standard InChI is InChI=1S/C15H24ClN3/c1-4-17-9-13-8-15(18-10-14(13)16)19-7-5-6-11(2)12(19)3/h8,10-12,17H,4-7,9H2,1-3H3. The van der Waals surface area contributed by atoms with Gasteiger partial charge in [-0.25, -0.2) is 4.98 Å². The summed E-state index contributed by atoms with van der Waals surface area (Å²) in [4.78, 5) is 6.94. The monoisotopic (exact) mass is 281 g/mol. The van der Waals surface area contributed by atoms with Gasteiger partial charge in [0.1, 0.15) is 5.82 Å². The molecule has 1 aliphatic heterocycles. The zero-order chi connectivity index (χ0) is 13.8. The van der Waals surface area contributed by atoms with Crippen LogP contribution in [0.3, 0.4) is 0 Å². The van der Waals surface area contributed by atoms with Crippen molar-refractivity contribution >= 4 is 17.4 Å². The van der Waals surface area contributed by atoms with E-state index in [4.69, 9.17) is 11.6 Å². The number of hydrogen-bond acceptors (Lipinski definition) is 3. The van der Waals surface area contributed by atoms with E-state index >= 15 is 0 Å². The van der Waals surface area contributed by atoms with Crippen molar-refractivity contribution in [3.8, 4) is 0 Å². The van der Waals surface area contributed by atoms with Crippen molar-refractivity contribution in [2.24, 2.45) is 5.92 Å². The maximum atomic E-state index is 6.21. The molecule has 0 radical (unpaired) electrons. The summed E-state index contributed by atoms with van der Waals surface area (Å²) in [5, 5.41) is 4.08. The highest BCUT2D eigenvalue weighted by atomic mass is 35.5. The SMILES string of the molecule is CCNCc1cc(N2CCCC(C)C2C)ncc1Cl. The second-order valence-electron chi connectivity index (χ2n) is 5.47. The zero-order valence-electron chi connectivity index (χ0n) is 12.1. The molecule has 2 rings (SSSR count). The van der Waals surface area contributed by atoms with Crippen molar-refractivity contribution in [2.45, 2.75) is 46.2 Å². The van der Waals surface area contributed by atoms with Gasteiger partial charge in [-0.3, -0.25) is 0 Å². The highest BCUT2D eigenvalue weighted by molar-refractivity contribution is 6.31. The molecular formula is C15H24ClN3. The van der Waals surface area contributed by atoms with Gasteiger partial charge in [0.2, 0.25) is 0 Å². The molecule has 0 amide bonds. The van der Waals surface area contributed by atoms with Crippen molar-refractivity contribution in [3.05, 3.63) is 22.8 Å². The number of nitrogens with zero attached hydrogens (tertiary/aromatic N) is 2. The van der Waals surface area contributed by atoms with E-state index in [-0.39, 0.29) is 0 Å². The molecule has 19 heavy (non-hydrogen) atoms. The highest BCUT2D eigenvalue weighted by Gasteiger charge is 2.25. The zero-order valence-corrected chi connectivity index (χ0v) is 12.9. The third-order valence-corrected chi connectivity index (χ3v) is 4.49. The van der Waals surface area contributed by atoms with E-state index in [1.807, 2.05) is 0 Å². The lowest BCUT2D eigenvalue weighted by Crippen LogP contribution is -2.43. The van der Waals surface area contributed by atoms with Gasteiger partial charge in [-0.1, -0.05) is 25.4 Å². The van der Waals surface area contributed by atoms with Crippen LogP contribution in [-0.2, 0) is 6.54 Å². The van der Waals surface area contributed by atoms with E-state index in [9.17, 15) is 0 Å². The average molecular weight is 282 g/mol. The molecule has 0 aromatic carbocycles. The maximum Gasteiger partial charge on any atom is 0.129 e. The summed E-state index contributed by atoms with van der Waals surface area (Å²) in [5.41, 5.74) is 1.14. The third kappa shape index (κ3) is 3.40. The molecule has 3 nitrogen and oxygen atoms in total. The molecule has 0 bridgehead atoms. The summed E-state index contributed by atoms with van der Waals surface area (Å²) >= 11 is 6.21. The molecule has 0 saturated carbocycles. The number of nitrogens with one attached hydrogen (secondary N) is 1. The minimum absolute atomic E-state index is 0.550. The largest absolute Gasteiger partial charge is 0.354 e. The minimum Gasteiger partial charge on any atom is -0.354 e. The molecular weight excluding hydrogens is 258 g/mol. The van der Waals surface area contributed by atoms with E-state index < -0.39 is 0 Å². The Morgan fingerprint density at radius 2 is 2.26 bits per heavy atom. The molecule has 106 valence electrons. The van der Waals surface area contributed by atoms with Gasteiger partial charge < -0.3 is 10.2 Å². The van der Waals surface area contributed by atoms with Crippen molar-refractivity contribution in [3.63, 3.8) is 0 Å². The molecule has 1 aliphatic rings. The van der Waals surface area contributed by atoms with Crippen LogP contribution in [-0.4, -0.2) is 24.1 Å². The predicted octanol–water partition coefficient (Wildman–Crippen LogP) is 3.47. The van der Waals surface area contributed by atoms with Crippen LogP contribution in [0.4, 0.5) is 5.82 Å². The summed E-state index contributed by atoms with van der Waals surface area (Å²) in [6.45, 7) is 9.58. The smallest absolute Gasteiger partial charge is 0.129 e. The lowest BCUT2D eigenvalue weighted by molar-refractivity contribution is 0.361. The van der Waals surface area contributed by atoms with Gasteiger partial charge in [0.25, 0.3) is 0 Å². The highest BCUT2D eigenvalue weighted by Crippen LogP contribution is 2.29. The third-order valence-electron chi connectivity index (χ3n) is 4.15. The van der Waals surface area contributed by atoms with E-state index in [0.29, 0.717) is 6.04 Å². The summed E-state index contributed by atoms with van der Waals surface area (Å²) < 4.78 is 0. The Kier molecular flexibility index (Phi) is 5.06. The van der Waals surface area contributed by atoms with Crippen LogP contribution in [0.15, 0.2) is 12.3 Å². The minimum atomic E-state index is 0.550. The lowest BCUT2D eigenvalue weighted by Gasteiger charge is -2.39. The number of aromatic nitrogens is 1. The van der Waals surface area contributed by atoms with Gasteiger partial charge in [0.05, 0.1) is 5.02 Å². The Balaban J connectivity index is 2.19. The molecule has 1 saturated heterocycles. The summed E-state index contributed by atoms with van der Waals surface area (Å²) in [7, 11) is 0. The van der Waals surface area contributed by atoms with Crippen LogP contribution in [0, 0.1) is 5.92 Å². The lowest BCUT2D eigenvalue weighted by atomic mass is 9.92. The van der Waals surface area contributed by atoms with Crippen molar-refractivity contribution in [1.29, 1.82) is 0 Å². The molecule has 1 N–H and O–H groups in total. The van der Waals surface area contributed by atoms with E-state index in [2.05, 4.69) is 42.0 Å². The number of halogens is 1. The Labute approximate surface area is 121 Å². The Morgan fingerprint density at radius 3 is 3.00 bits per heavy atom. The average Bonchev–Trinajstić information content (AvgIpc) is 2.41. The van der Waals surface area contributed by atoms with Crippen molar-refractivity contribution in [2.75, 3.05) is 18.0 Å².